The average molecular weight is 280 g/mol. The summed E-state index contributed by atoms with van der Waals surface area (Å²) in [5.74, 6) is 0. The molecule has 2 nitrogen and oxygen atoms in total. The van der Waals surface area contributed by atoms with E-state index in [9.17, 15) is 0 Å². The predicted octanol–water partition coefficient (Wildman–Crippen LogP) is 4.18. The molecular weight excluding hydrogens is 264 g/mol. The third-order valence-electron chi connectivity index (χ3n) is 3.24. The first-order chi connectivity index (χ1) is 9.83. The van der Waals surface area contributed by atoms with E-state index in [0.29, 0.717) is 0 Å². The summed E-state index contributed by atoms with van der Waals surface area (Å²) in [4.78, 5) is 4.69. The molecule has 0 bridgehead atoms. The number of rotatable bonds is 4. The van der Waals surface area contributed by atoms with E-state index in [4.69, 9.17) is 5.73 Å². The number of aromatic nitrogens is 1. The fourth-order valence-corrected chi connectivity index (χ4v) is 3.04. The van der Waals surface area contributed by atoms with Crippen LogP contribution in [0.3, 0.4) is 0 Å². The van der Waals surface area contributed by atoms with Crippen molar-refractivity contribution in [1.29, 1.82) is 0 Å². The molecule has 3 rings (SSSR count). The lowest BCUT2D eigenvalue weighted by molar-refractivity contribution is 0.929. The molecule has 0 aliphatic heterocycles. The summed E-state index contributed by atoms with van der Waals surface area (Å²) in [7, 11) is 0. The second-order valence-electron chi connectivity index (χ2n) is 4.68. The minimum atomic E-state index is 0.833. The Morgan fingerprint density at radius 3 is 2.20 bits per heavy atom. The first kappa shape index (κ1) is 12.9. The van der Waals surface area contributed by atoms with Crippen LogP contribution in [0.5, 0.6) is 0 Å². The first-order valence-corrected chi connectivity index (χ1v) is 7.49. The fraction of sp³-hybridized carbons (Fsp3) is 0.118. The standard InChI is InChI=1S/C17H16N2S/c18-16-15(12-11-13-7-3-1-4-8-13)19-17(20-16)14-9-5-2-6-10-14/h1-10H,11-12,18H2. The van der Waals surface area contributed by atoms with Gasteiger partial charge in [0.2, 0.25) is 0 Å². The molecule has 0 radical (unpaired) electrons. The molecule has 1 heterocycles. The van der Waals surface area contributed by atoms with Crippen LogP contribution < -0.4 is 5.73 Å². The Morgan fingerprint density at radius 2 is 1.50 bits per heavy atom. The molecule has 0 saturated carbocycles. The molecule has 3 heteroatoms. The summed E-state index contributed by atoms with van der Waals surface area (Å²) in [6.07, 6.45) is 1.86. The summed E-state index contributed by atoms with van der Waals surface area (Å²) in [5, 5.41) is 1.84. The van der Waals surface area contributed by atoms with Crippen molar-refractivity contribution < 1.29 is 0 Å². The van der Waals surface area contributed by atoms with Crippen LogP contribution in [0.2, 0.25) is 0 Å². The molecule has 0 fully saturated rings. The molecule has 0 amide bonds. The van der Waals surface area contributed by atoms with E-state index >= 15 is 0 Å². The summed E-state index contributed by atoms with van der Waals surface area (Å²) in [6, 6.07) is 20.6. The topological polar surface area (TPSA) is 38.9 Å². The summed E-state index contributed by atoms with van der Waals surface area (Å²) in [6.45, 7) is 0. The zero-order chi connectivity index (χ0) is 13.8. The van der Waals surface area contributed by atoms with Crippen LogP contribution in [0.25, 0.3) is 10.6 Å². The second-order valence-corrected chi connectivity index (χ2v) is 5.71. The lowest BCUT2D eigenvalue weighted by Crippen LogP contribution is -1.95. The van der Waals surface area contributed by atoms with Crippen LogP contribution in [-0.4, -0.2) is 4.98 Å². The minimum Gasteiger partial charge on any atom is -0.389 e. The monoisotopic (exact) mass is 280 g/mol. The third-order valence-corrected chi connectivity index (χ3v) is 4.22. The maximum atomic E-state index is 6.10. The number of hydrogen-bond donors (Lipinski definition) is 1. The van der Waals surface area contributed by atoms with Crippen molar-refractivity contribution in [3.8, 4) is 10.6 Å². The zero-order valence-corrected chi connectivity index (χ0v) is 11.9. The van der Waals surface area contributed by atoms with Crippen molar-refractivity contribution in [2.45, 2.75) is 12.8 Å². The van der Waals surface area contributed by atoms with Crippen LogP contribution >= 0.6 is 11.3 Å². The Labute approximate surface area is 122 Å². The van der Waals surface area contributed by atoms with Gasteiger partial charge in [0.05, 0.1) is 5.69 Å². The fourth-order valence-electron chi connectivity index (χ4n) is 2.15. The zero-order valence-electron chi connectivity index (χ0n) is 11.1. The van der Waals surface area contributed by atoms with Gasteiger partial charge in [-0.05, 0) is 18.4 Å². The third kappa shape index (κ3) is 2.89. The van der Waals surface area contributed by atoms with Crippen molar-refractivity contribution in [3.63, 3.8) is 0 Å². The number of hydrogen-bond acceptors (Lipinski definition) is 3. The minimum absolute atomic E-state index is 0.833. The van der Waals surface area contributed by atoms with E-state index < -0.39 is 0 Å². The van der Waals surface area contributed by atoms with E-state index in [2.05, 4.69) is 41.4 Å². The quantitative estimate of drug-likeness (QED) is 0.778. The molecule has 2 aromatic carbocycles. The highest BCUT2D eigenvalue weighted by atomic mass is 32.1. The molecule has 0 atom stereocenters. The van der Waals surface area contributed by atoms with Crippen molar-refractivity contribution >= 4 is 16.3 Å². The first-order valence-electron chi connectivity index (χ1n) is 6.67. The maximum absolute atomic E-state index is 6.10. The van der Waals surface area contributed by atoms with Gasteiger partial charge in [-0.2, -0.15) is 0 Å². The average Bonchev–Trinajstić information content (AvgIpc) is 2.88. The van der Waals surface area contributed by atoms with E-state index in [1.165, 1.54) is 5.56 Å². The van der Waals surface area contributed by atoms with Gasteiger partial charge in [0.15, 0.2) is 0 Å². The van der Waals surface area contributed by atoms with E-state index in [-0.39, 0.29) is 0 Å². The molecule has 1 aromatic heterocycles. The molecule has 20 heavy (non-hydrogen) atoms. The van der Waals surface area contributed by atoms with Gasteiger partial charge >= 0.3 is 0 Å². The van der Waals surface area contributed by atoms with Gasteiger partial charge in [-0.3, -0.25) is 0 Å². The summed E-state index contributed by atoms with van der Waals surface area (Å²) < 4.78 is 0. The van der Waals surface area contributed by atoms with Gasteiger partial charge in [-0.15, -0.1) is 0 Å². The lowest BCUT2D eigenvalue weighted by Gasteiger charge is -1.99. The lowest BCUT2D eigenvalue weighted by atomic mass is 10.1. The molecule has 0 aliphatic carbocycles. The number of nitrogens with two attached hydrogens (primary N) is 1. The highest BCUT2D eigenvalue weighted by Crippen LogP contribution is 2.30. The van der Waals surface area contributed by atoms with E-state index in [0.717, 1.165) is 34.1 Å². The van der Waals surface area contributed by atoms with Crippen molar-refractivity contribution in [2.24, 2.45) is 0 Å². The van der Waals surface area contributed by atoms with Crippen molar-refractivity contribution in [2.75, 3.05) is 5.73 Å². The van der Waals surface area contributed by atoms with Gasteiger partial charge in [0.1, 0.15) is 10.0 Å². The number of nitrogen functional groups attached to an aromatic ring is 1. The Balaban J connectivity index is 1.76. The molecule has 0 aliphatic rings. The molecule has 3 aromatic rings. The van der Waals surface area contributed by atoms with Crippen LogP contribution in [0.15, 0.2) is 60.7 Å². The van der Waals surface area contributed by atoms with Crippen LogP contribution in [0.1, 0.15) is 11.3 Å². The van der Waals surface area contributed by atoms with Gasteiger partial charge in [-0.25, -0.2) is 4.98 Å². The molecule has 0 unspecified atom stereocenters. The SMILES string of the molecule is Nc1sc(-c2ccccc2)nc1CCc1ccccc1. The Kier molecular flexibility index (Phi) is 3.79. The number of aryl methyl sites for hydroxylation is 2. The number of anilines is 1. The van der Waals surface area contributed by atoms with Crippen LogP contribution in [0.4, 0.5) is 5.00 Å². The van der Waals surface area contributed by atoms with E-state index in [1.54, 1.807) is 11.3 Å². The number of thiazole rings is 1. The second kappa shape index (κ2) is 5.88. The largest absolute Gasteiger partial charge is 0.389 e. The predicted molar refractivity (Wildman–Crippen MR) is 85.8 cm³/mol. The number of nitrogens with zero attached hydrogens (tertiary/aromatic N) is 1. The summed E-state index contributed by atoms with van der Waals surface area (Å²) in [5.41, 5.74) is 9.57. The molecule has 100 valence electrons. The smallest absolute Gasteiger partial charge is 0.125 e. The van der Waals surface area contributed by atoms with Gasteiger partial charge < -0.3 is 5.73 Å². The molecular formula is C17H16N2S. The Bertz CT molecular complexity index is 675. The van der Waals surface area contributed by atoms with E-state index in [1.807, 2.05) is 24.3 Å². The number of benzene rings is 2. The van der Waals surface area contributed by atoms with Crippen LogP contribution in [0, 0.1) is 0 Å². The highest BCUT2D eigenvalue weighted by molar-refractivity contribution is 7.18. The Hall–Kier alpha value is -2.13. The summed E-state index contributed by atoms with van der Waals surface area (Å²) >= 11 is 1.57. The maximum Gasteiger partial charge on any atom is 0.125 e. The highest BCUT2D eigenvalue weighted by Gasteiger charge is 2.09. The van der Waals surface area contributed by atoms with Gasteiger partial charge in [-0.1, -0.05) is 72.0 Å². The van der Waals surface area contributed by atoms with Gasteiger partial charge in [0.25, 0.3) is 0 Å². The normalized spacial score (nSPS) is 10.6. The molecule has 0 spiro atoms. The van der Waals surface area contributed by atoms with Crippen molar-refractivity contribution in [1.82, 2.24) is 4.98 Å². The molecule has 2 N–H and O–H groups in total. The van der Waals surface area contributed by atoms with Crippen LogP contribution in [-0.2, 0) is 12.8 Å². The Morgan fingerprint density at radius 1 is 0.850 bits per heavy atom. The molecule has 0 saturated heterocycles. The van der Waals surface area contributed by atoms with Gasteiger partial charge in [0, 0.05) is 5.56 Å². The van der Waals surface area contributed by atoms with Crippen molar-refractivity contribution in [3.05, 3.63) is 71.9 Å².